The largest absolute Gasteiger partial charge is 0.507 e. The summed E-state index contributed by atoms with van der Waals surface area (Å²) in [6.45, 7) is 1.85. The number of methoxy groups -OCH3 is 1. The van der Waals surface area contributed by atoms with Crippen molar-refractivity contribution in [1.29, 1.82) is 0 Å². The average molecular weight is 417 g/mol. The third-order valence-corrected chi connectivity index (χ3v) is 5.36. The summed E-state index contributed by atoms with van der Waals surface area (Å²) in [5.74, 6) is -2.02. The molecule has 4 rings (SSSR count). The van der Waals surface area contributed by atoms with Crippen LogP contribution in [0, 0.1) is 12.7 Å². The number of aliphatic hydroxyl groups excluding tert-OH is 1. The van der Waals surface area contributed by atoms with Crippen molar-refractivity contribution in [3.8, 4) is 5.75 Å². The molecular formula is C25H20FNO4. The molecule has 0 aromatic heterocycles. The number of aliphatic hydroxyl groups is 1. The predicted octanol–water partition coefficient (Wildman–Crippen LogP) is 4.77. The van der Waals surface area contributed by atoms with E-state index >= 15 is 0 Å². The summed E-state index contributed by atoms with van der Waals surface area (Å²) in [4.78, 5) is 27.4. The fourth-order valence-electron chi connectivity index (χ4n) is 3.84. The minimum absolute atomic E-state index is 0.0585. The molecule has 1 fully saturated rings. The molecule has 5 nitrogen and oxygen atoms in total. The molecule has 1 amide bonds. The number of carbonyl (C=O) groups excluding carboxylic acids is 2. The van der Waals surface area contributed by atoms with E-state index in [1.54, 1.807) is 42.5 Å². The van der Waals surface area contributed by atoms with Crippen molar-refractivity contribution >= 4 is 23.1 Å². The Morgan fingerprint density at radius 3 is 2.45 bits per heavy atom. The van der Waals surface area contributed by atoms with Crippen LogP contribution in [0.15, 0.2) is 78.4 Å². The second-order valence-electron chi connectivity index (χ2n) is 7.24. The molecule has 1 N–H and O–H groups in total. The number of hydrogen-bond donors (Lipinski definition) is 1. The van der Waals surface area contributed by atoms with Crippen molar-refractivity contribution in [1.82, 2.24) is 0 Å². The van der Waals surface area contributed by atoms with Gasteiger partial charge in [-0.05, 0) is 48.4 Å². The minimum atomic E-state index is -0.908. The molecule has 156 valence electrons. The highest BCUT2D eigenvalue weighted by molar-refractivity contribution is 6.51. The van der Waals surface area contributed by atoms with Crippen molar-refractivity contribution in [3.05, 3.63) is 101 Å². The van der Waals surface area contributed by atoms with E-state index in [9.17, 15) is 19.1 Å². The molecule has 3 aromatic rings. The maximum absolute atomic E-state index is 14.0. The first-order valence-corrected chi connectivity index (χ1v) is 9.69. The first kappa shape index (κ1) is 20.3. The standard InChI is InChI=1S/C25H20FNO4/c1-15-7-3-4-12-20(15)22-21(23(28)16-8-5-11-19(13-16)31-2)24(29)25(30)27(22)18-10-6-9-17(26)14-18/h3-14,22,28H,1-2H3/b23-21+. The number of anilines is 1. The molecule has 6 heteroatoms. The van der Waals surface area contributed by atoms with E-state index in [0.717, 1.165) is 5.56 Å². The average Bonchev–Trinajstić information content (AvgIpc) is 3.04. The normalized spacial score (nSPS) is 17.8. The molecule has 31 heavy (non-hydrogen) atoms. The number of ether oxygens (including phenoxy) is 1. The van der Waals surface area contributed by atoms with Gasteiger partial charge in [-0.1, -0.05) is 42.5 Å². The van der Waals surface area contributed by atoms with Gasteiger partial charge in [0.15, 0.2) is 0 Å². The van der Waals surface area contributed by atoms with Gasteiger partial charge in [0.25, 0.3) is 11.7 Å². The Morgan fingerprint density at radius 2 is 1.74 bits per heavy atom. The third-order valence-electron chi connectivity index (χ3n) is 5.36. The number of nitrogens with zero attached hydrogens (tertiary/aromatic N) is 1. The zero-order valence-electron chi connectivity index (χ0n) is 17.0. The Balaban J connectivity index is 1.98. The van der Waals surface area contributed by atoms with Gasteiger partial charge in [-0.2, -0.15) is 0 Å². The van der Waals surface area contributed by atoms with Crippen molar-refractivity contribution in [2.75, 3.05) is 12.0 Å². The molecule has 0 aliphatic carbocycles. The van der Waals surface area contributed by atoms with E-state index in [0.29, 0.717) is 16.9 Å². The molecule has 1 saturated heterocycles. The highest BCUT2D eigenvalue weighted by Crippen LogP contribution is 2.43. The smallest absolute Gasteiger partial charge is 0.300 e. The first-order valence-electron chi connectivity index (χ1n) is 9.69. The minimum Gasteiger partial charge on any atom is -0.507 e. The summed E-state index contributed by atoms with van der Waals surface area (Å²) in [6.07, 6.45) is 0. The number of amides is 1. The van der Waals surface area contributed by atoms with Crippen molar-refractivity contribution < 1.29 is 23.8 Å². The zero-order valence-corrected chi connectivity index (χ0v) is 17.0. The Morgan fingerprint density at radius 1 is 1.00 bits per heavy atom. The number of ketones is 1. The fourth-order valence-corrected chi connectivity index (χ4v) is 3.84. The Bertz CT molecular complexity index is 1220. The van der Waals surface area contributed by atoms with Crippen molar-refractivity contribution in [3.63, 3.8) is 0 Å². The lowest BCUT2D eigenvalue weighted by molar-refractivity contribution is -0.132. The van der Waals surface area contributed by atoms with Crippen LogP contribution in [0.3, 0.4) is 0 Å². The molecular weight excluding hydrogens is 397 g/mol. The second-order valence-corrected chi connectivity index (χ2v) is 7.24. The van der Waals surface area contributed by atoms with Gasteiger partial charge in [0.05, 0.1) is 18.7 Å². The lowest BCUT2D eigenvalue weighted by Crippen LogP contribution is -2.29. The molecule has 1 atom stereocenters. The summed E-state index contributed by atoms with van der Waals surface area (Å²) in [7, 11) is 1.50. The highest BCUT2D eigenvalue weighted by atomic mass is 19.1. The Labute approximate surface area is 179 Å². The van der Waals surface area contributed by atoms with Crippen LogP contribution in [0.25, 0.3) is 5.76 Å². The maximum atomic E-state index is 14.0. The van der Waals surface area contributed by atoms with Gasteiger partial charge in [-0.3, -0.25) is 14.5 Å². The fraction of sp³-hybridized carbons (Fsp3) is 0.120. The van der Waals surface area contributed by atoms with E-state index in [2.05, 4.69) is 0 Å². The van der Waals surface area contributed by atoms with E-state index in [1.165, 1.54) is 30.2 Å². The zero-order chi connectivity index (χ0) is 22.1. The van der Waals surface area contributed by atoms with Gasteiger partial charge in [0, 0.05) is 11.3 Å². The Hall–Kier alpha value is -3.93. The predicted molar refractivity (Wildman–Crippen MR) is 115 cm³/mol. The van der Waals surface area contributed by atoms with Gasteiger partial charge in [0.2, 0.25) is 0 Å². The van der Waals surface area contributed by atoms with Crippen LogP contribution in [-0.2, 0) is 9.59 Å². The van der Waals surface area contributed by atoms with Gasteiger partial charge in [-0.25, -0.2) is 4.39 Å². The van der Waals surface area contributed by atoms with Crippen LogP contribution in [0.4, 0.5) is 10.1 Å². The molecule has 0 radical (unpaired) electrons. The van der Waals surface area contributed by atoms with Crippen molar-refractivity contribution in [2.24, 2.45) is 0 Å². The summed E-state index contributed by atoms with van der Waals surface area (Å²) in [5.41, 5.74) is 2.01. The van der Waals surface area contributed by atoms with Gasteiger partial charge < -0.3 is 9.84 Å². The molecule has 0 saturated carbocycles. The van der Waals surface area contributed by atoms with Crippen LogP contribution in [0.1, 0.15) is 22.7 Å². The highest BCUT2D eigenvalue weighted by Gasteiger charge is 2.47. The third kappa shape index (κ3) is 3.57. The van der Waals surface area contributed by atoms with Crippen molar-refractivity contribution in [2.45, 2.75) is 13.0 Å². The van der Waals surface area contributed by atoms with E-state index in [1.807, 2.05) is 19.1 Å². The number of hydrogen-bond acceptors (Lipinski definition) is 4. The first-order chi connectivity index (χ1) is 14.9. The molecule has 3 aromatic carbocycles. The monoisotopic (exact) mass is 417 g/mol. The number of rotatable bonds is 4. The van der Waals surface area contributed by atoms with Crippen LogP contribution in [0.2, 0.25) is 0 Å². The molecule has 0 bridgehead atoms. The maximum Gasteiger partial charge on any atom is 0.300 e. The number of carbonyl (C=O) groups is 2. The topological polar surface area (TPSA) is 66.8 Å². The molecule has 1 aliphatic heterocycles. The van der Waals surface area contributed by atoms with Crippen LogP contribution in [-0.4, -0.2) is 23.9 Å². The molecule has 0 spiro atoms. The van der Waals surface area contributed by atoms with Crippen LogP contribution in [0.5, 0.6) is 5.75 Å². The van der Waals surface area contributed by atoms with Crippen LogP contribution < -0.4 is 9.64 Å². The summed E-state index contributed by atoms with van der Waals surface area (Å²) < 4.78 is 19.2. The summed E-state index contributed by atoms with van der Waals surface area (Å²) >= 11 is 0. The van der Waals surface area contributed by atoms with Gasteiger partial charge >= 0.3 is 0 Å². The number of aryl methyl sites for hydroxylation is 1. The SMILES string of the molecule is COc1cccc(/C(O)=C2\C(=O)C(=O)N(c3cccc(F)c3)C2c2ccccc2C)c1. The quantitative estimate of drug-likeness (QED) is 0.377. The number of Topliss-reactive ketones (excluding diaryl/α,β-unsaturated/α-hetero) is 1. The summed E-state index contributed by atoms with van der Waals surface area (Å²) in [6, 6.07) is 18.5. The van der Waals surface area contributed by atoms with E-state index < -0.39 is 23.5 Å². The lowest BCUT2D eigenvalue weighted by Gasteiger charge is -2.26. The van der Waals surface area contributed by atoms with E-state index in [4.69, 9.17) is 4.74 Å². The molecule has 1 heterocycles. The lowest BCUT2D eigenvalue weighted by atomic mass is 9.92. The molecule has 1 unspecified atom stereocenters. The number of halogens is 1. The number of benzene rings is 3. The van der Waals surface area contributed by atoms with Gasteiger partial charge in [-0.15, -0.1) is 0 Å². The second kappa shape index (κ2) is 8.07. The Kier molecular flexibility index (Phi) is 5.29. The molecule has 1 aliphatic rings. The van der Waals surface area contributed by atoms with Gasteiger partial charge in [0.1, 0.15) is 17.3 Å². The summed E-state index contributed by atoms with van der Waals surface area (Å²) in [5, 5.41) is 11.1. The van der Waals surface area contributed by atoms with E-state index in [-0.39, 0.29) is 17.0 Å². The van der Waals surface area contributed by atoms with Crippen LogP contribution >= 0.6 is 0 Å².